The van der Waals surface area contributed by atoms with E-state index in [0.717, 1.165) is 10.5 Å². The molecule has 1 aromatic heterocycles. The summed E-state index contributed by atoms with van der Waals surface area (Å²) < 4.78 is 13.1. The second kappa shape index (κ2) is 11.6. The number of hydrogen-bond donors (Lipinski definition) is 3. The van der Waals surface area contributed by atoms with Gasteiger partial charge < -0.3 is 15.7 Å². The number of benzene rings is 2. The first-order valence-electron chi connectivity index (χ1n) is 10.1. The van der Waals surface area contributed by atoms with Crippen molar-refractivity contribution in [3.63, 3.8) is 0 Å². The van der Waals surface area contributed by atoms with Crippen LogP contribution in [0.5, 0.6) is 0 Å². The standard InChI is InChI=1S/C23H22FN3O4S2/c1-2-19(33-17-5-3-4-16(12-17)25-20(28)10-11-21(29)30)22(31)27-23-26-18(13-32-23)14-6-8-15(24)9-7-14/h3-9,12-13,19H,2,10-11H2,1H3,(H,25,28)(H,29,30)(H,26,27,31). The predicted octanol–water partition coefficient (Wildman–Crippen LogP) is 5.26. The number of aliphatic carboxylic acids is 1. The molecule has 0 aliphatic heterocycles. The van der Waals surface area contributed by atoms with E-state index < -0.39 is 5.97 Å². The van der Waals surface area contributed by atoms with Gasteiger partial charge in [0.1, 0.15) is 5.82 Å². The van der Waals surface area contributed by atoms with Crippen LogP contribution in [0.15, 0.2) is 58.8 Å². The van der Waals surface area contributed by atoms with Crippen molar-refractivity contribution in [3.8, 4) is 11.3 Å². The lowest BCUT2D eigenvalue weighted by atomic mass is 10.2. The van der Waals surface area contributed by atoms with E-state index in [4.69, 9.17) is 5.11 Å². The molecule has 0 spiro atoms. The number of rotatable bonds is 10. The maximum Gasteiger partial charge on any atom is 0.303 e. The third-order valence-corrected chi connectivity index (χ3v) is 6.62. The van der Waals surface area contributed by atoms with Gasteiger partial charge in [0.05, 0.1) is 17.4 Å². The van der Waals surface area contributed by atoms with Crippen molar-refractivity contribution >= 4 is 51.7 Å². The average Bonchev–Trinajstić information content (AvgIpc) is 3.25. The summed E-state index contributed by atoms with van der Waals surface area (Å²) in [4.78, 5) is 40.5. The van der Waals surface area contributed by atoms with Gasteiger partial charge in [-0.1, -0.05) is 13.0 Å². The van der Waals surface area contributed by atoms with Crippen molar-refractivity contribution < 1.29 is 23.9 Å². The molecule has 0 aliphatic carbocycles. The highest BCUT2D eigenvalue weighted by Crippen LogP contribution is 2.30. The number of aromatic nitrogens is 1. The van der Waals surface area contributed by atoms with Crippen LogP contribution in [0.4, 0.5) is 15.2 Å². The topological polar surface area (TPSA) is 108 Å². The number of nitrogens with zero attached hydrogens (tertiary/aromatic N) is 1. The van der Waals surface area contributed by atoms with E-state index in [2.05, 4.69) is 15.6 Å². The summed E-state index contributed by atoms with van der Waals surface area (Å²) in [6.45, 7) is 1.90. The van der Waals surface area contributed by atoms with Crippen LogP contribution in [0.25, 0.3) is 11.3 Å². The minimum Gasteiger partial charge on any atom is -0.481 e. The van der Waals surface area contributed by atoms with Gasteiger partial charge in [0.25, 0.3) is 0 Å². The molecule has 33 heavy (non-hydrogen) atoms. The van der Waals surface area contributed by atoms with Gasteiger partial charge >= 0.3 is 5.97 Å². The van der Waals surface area contributed by atoms with Crippen molar-refractivity contribution in [1.29, 1.82) is 0 Å². The number of halogens is 1. The maximum atomic E-state index is 13.1. The van der Waals surface area contributed by atoms with Gasteiger partial charge in [-0.2, -0.15) is 0 Å². The van der Waals surface area contributed by atoms with Crippen molar-refractivity contribution in [2.75, 3.05) is 10.6 Å². The summed E-state index contributed by atoms with van der Waals surface area (Å²) in [5.41, 5.74) is 1.95. The minimum atomic E-state index is -1.03. The number of anilines is 2. The second-order valence-electron chi connectivity index (χ2n) is 7.02. The molecule has 0 saturated carbocycles. The molecule has 0 saturated heterocycles. The Morgan fingerprint density at radius 3 is 2.58 bits per heavy atom. The van der Waals surface area contributed by atoms with Gasteiger partial charge in [-0.05, 0) is 48.9 Å². The number of carboxylic acids is 1. The molecule has 1 heterocycles. The highest BCUT2D eigenvalue weighted by molar-refractivity contribution is 8.00. The van der Waals surface area contributed by atoms with Crippen LogP contribution in [-0.4, -0.2) is 33.1 Å². The second-order valence-corrected chi connectivity index (χ2v) is 9.15. The number of carbonyl (C=O) groups is 3. The molecule has 0 aliphatic rings. The monoisotopic (exact) mass is 487 g/mol. The van der Waals surface area contributed by atoms with Crippen LogP contribution in [0.2, 0.25) is 0 Å². The lowest BCUT2D eigenvalue weighted by molar-refractivity contribution is -0.138. The summed E-state index contributed by atoms with van der Waals surface area (Å²) in [6, 6.07) is 13.0. The average molecular weight is 488 g/mol. The molecule has 2 aromatic carbocycles. The molecule has 0 bridgehead atoms. The molecule has 10 heteroatoms. The molecule has 7 nitrogen and oxygen atoms in total. The zero-order valence-electron chi connectivity index (χ0n) is 17.7. The van der Waals surface area contributed by atoms with E-state index in [-0.39, 0.29) is 35.7 Å². The van der Waals surface area contributed by atoms with Crippen LogP contribution in [0.1, 0.15) is 26.2 Å². The Balaban J connectivity index is 1.60. The fourth-order valence-electron chi connectivity index (χ4n) is 2.85. The molecule has 2 amide bonds. The number of carbonyl (C=O) groups excluding carboxylic acids is 2. The Bertz CT molecular complexity index is 1130. The predicted molar refractivity (Wildman–Crippen MR) is 128 cm³/mol. The summed E-state index contributed by atoms with van der Waals surface area (Å²) >= 11 is 2.65. The zero-order valence-corrected chi connectivity index (χ0v) is 19.3. The van der Waals surface area contributed by atoms with Gasteiger partial charge in [0, 0.05) is 27.9 Å². The zero-order chi connectivity index (χ0) is 23.8. The molecule has 0 radical (unpaired) electrons. The molecule has 1 unspecified atom stereocenters. The van der Waals surface area contributed by atoms with Crippen LogP contribution in [-0.2, 0) is 14.4 Å². The van der Waals surface area contributed by atoms with Gasteiger partial charge in [-0.25, -0.2) is 9.37 Å². The lowest BCUT2D eigenvalue weighted by Gasteiger charge is -2.14. The number of amides is 2. The van der Waals surface area contributed by atoms with Gasteiger partial charge in [-0.3, -0.25) is 14.4 Å². The van der Waals surface area contributed by atoms with Crippen molar-refractivity contribution in [2.45, 2.75) is 36.3 Å². The third-order valence-electron chi connectivity index (χ3n) is 4.50. The van der Waals surface area contributed by atoms with E-state index in [9.17, 15) is 18.8 Å². The van der Waals surface area contributed by atoms with Crippen molar-refractivity contribution in [2.24, 2.45) is 0 Å². The molecule has 0 fully saturated rings. The molecule has 3 N–H and O–H groups in total. The van der Waals surface area contributed by atoms with E-state index in [1.54, 1.807) is 35.7 Å². The molecule has 172 valence electrons. The molecular weight excluding hydrogens is 465 g/mol. The molecule has 3 aromatic rings. The maximum absolute atomic E-state index is 13.1. The SMILES string of the molecule is CCC(Sc1cccc(NC(=O)CCC(=O)O)c1)C(=O)Nc1nc(-c2ccc(F)cc2)cs1. The van der Waals surface area contributed by atoms with E-state index in [0.29, 0.717) is 22.9 Å². The van der Waals surface area contributed by atoms with Gasteiger partial charge in [0.15, 0.2) is 5.13 Å². The summed E-state index contributed by atoms with van der Waals surface area (Å²) in [7, 11) is 0. The highest BCUT2D eigenvalue weighted by Gasteiger charge is 2.20. The summed E-state index contributed by atoms with van der Waals surface area (Å²) in [5, 5.41) is 16.1. The Kier molecular flexibility index (Phi) is 8.56. The number of nitrogens with one attached hydrogen (secondary N) is 2. The molecule has 3 rings (SSSR count). The fraction of sp³-hybridized carbons (Fsp3) is 0.217. The number of thiazole rings is 1. The summed E-state index contributed by atoms with van der Waals surface area (Å²) in [5.74, 6) is -1.94. The van der Waals surface area contributed by atoms with Crippen molar-refractivity contribution in [3.05, 3.63) is 59.7 Å². The normalized spacial score (nSPS) is 11.6. The molecule has 1 atom stereocenters. The van der Waals surface area contributed by atoms with E-state index in [1.165, 1.54) is 35.2 Å². The van der Waals surface area contributed by atoms with E-state index in [1.807, 2.05) is 13.0 Å². The Labute approximate surface area is 198 Å². The van der Waals surface area contributed by atoms with E-state index >= 15 is 0 Å². The minimum absolute atomic E-state index is 0.111. The number of carboxylic acid groups (broad SMARTS) is 1. The largest absolute Gasteiger partial charge is 0.481 e. The lowest BCUT2D eigenvalue weighted by Crippen LogP contribution is -2.24. The van der Waals surface area contributed by atoms with Gasteiger partial charge in [-0.15, -0.1) is 23.1 Å². The first kappa shape index (κ1) is 24.4. The van der Waals surface area contributed by atoms with Crippen LogP contribution in [0, 0.1) is 5.82 Å². The first-order chi connectivity index (χ1) is 15.8. The molecular formula is C23H22FN3O4S2. The van der Waals surface area contributed by atoms with Crippen molar-refractivity contribution in [1.82, 2.24) is 4.98 Å². The smallest absolute Gasteiger partial charge is 0.303 e. The van der Waals surface area contributed by atoms with Crippen LogP contribution >= 0.6 is 23.1 Å². The first-order valence-corrected chi connectivity index (χ1v) is 11.9. The van der Waals surface area contributed by atoms with Gasteiger partial charge in [0.2, 0.25) is 11.8 Å². The Morgan fingerprint density at radius 1 is 1.12 bits per heavy atom. The quantitative estimate of drug-likeness (QED) is 0.337. The van der Waals surface area contributed by atoms with Crippen LogP contribution < -0.4 is 10.6 Å². The van der Waals surface area contributed by atoms with Crippen LogP contribution in [0.3, 0.4) is 0 Å². The number of thioether (sulfide) groups is 1. The Hall–Kier alpha value is -3.24. The fourth-order valence-corrected chi connectivity index (χ4v) is 4.58. The summed E-state index contributed by atoms with van der Waals surface area (Å²) in [6.07, 6.45) is 0.223. The Morgan fingerprint density at radius 2 is 1.88 bits per heavy atom. The highest BCUT2D eigenvalue weighted by atomic mass is 32.2. The third kappa shape index (κ3) is 7.40. The number of hydrogen-bond acceptors (Lipinski definition) is 6.